The van der Waals surface area contributed by atoms with Crippen LogP contribution in [-0.2, 0) is 102 Å². The number of primary amides is 1. The van der Waals surface area contributed by atoms with Crippen LogP contribution < -0.4 is 42.0 Å². The molecule has 9 rings (SSSR count). The van der Waals surface area contributed by atoms with Crippen molar-refractivity contribution in [2.45, 2.75) is 185 Å². The van der Waals surface area contributed by atoms with Crippen molar-refractivity contribution in [3.8, 4) is 5.75 Å². The zero-order chi connectivity index (χ0) is 107. The van der Waals surface area contributed by atoms with Crippen LogP contribution in [0.5, 0.6) is 5.75 Å². The number of ketones is 1. The first-order chi connectivity index (χ1) is 70.5. The van der Waals surface area contributed by atoms with Gasteiger partial charge >= 0.3 is 12.1 Å². The number of imide groups is 1. The van der Waals surface area contributed by atoms with Gasteiger partial charge in [0.1, 0.15) is 49.8 Å². The third-order valence-corrected chi connectivity index (χ3v) is 28.2. The number of Topliss-reactive ketones (excluding diaryl/α,β-unsaturated/α-hetero) is 1. The van der Waals surface area contributed by atoms with E-state index in [1.54, 1.807) is 148 Å². The number of amides is 13. The average molecular weight is 2090 g/mol. The summed E-state index contributed by atoms with van der Waals surface area (Å²) in [5, 5.41) is 24.7. The van der Waals surface area contributed by atoms with Crippen LogP contribution >= 0.6 is 23.5 Å². The van der Waals surface area contributed by atoms with E-state index in [1.807, 2.05) is 51.1 Å². The predicted octanol–water partition coefficient (Wildman–Crippen LogP) is 9.75. The van der Waals surface area contributed by atoms with E-state index in [9.17, 15) is 67.4 Å². The van der Waals surface area contributed by atoms with Gasteiger partial charge in [0.25, 0.3) is 23.6 Å². The number of carbonyl (C=O) groups excluding carboxylic acids is 13. The molecule has 0 radical (unpaired) electrons. The Kier molecular flexibility index (Phi) is 49.6. The number of morpholine rings is 2. The Balaban J connectivity index is 0.637. The van der Waals surface area contributed by atoms with Gasteiger partial charge in [0.2, 0.25) is 35.4 Å². The lowest BCUT2D eigenvalue weighted by Gasteiger charge is -2.41. The lowest BCUT2D eigenvalue weighted by atomic mass is 9.85. The largest absolute Gasteiger partial charge is 0.485 e. The summed E-state index contributed by atoms with van der Waals surface area (Å²) in [7, 11) is 6.09. The first-order valence-electron chi connectivity index (χ1n) is 50.1. The number of anilines is 2. The fourth-order valence-electron chi connectivity index (χ4n) is 17.6. The Morgan fingerprint density at radius 3 is 1.56 bits per heavy atom. The molecular formula is C105H146F2N12O26S2. The summed E-state index contributed by atoms with van der Waals surface area (Å²) in [5.41, 5.74) is 7.28. The number of hydrogen-bond donors (Lipinski definition) is 7. The standard InChI is InChI=1S/C105H146F2N12O26S2/c1-15-68(8)90(84(134-13)62-86(122)118-38-20-24-82(118)92(135-14)70(10)83(120)59-69(9)91(123)72-21-17-16-18-22-72)114(11)101(129)88(66(4)5)113-98(126)89(67(6)7)115(12)105(133)145-63-71-25-31-75(32-26-71)110-96(124)81(23-19-37-109-104(108)132)111-97(125)87(65(2)3)112-85(121)64-143-56-55-141-52-51-139-48-47-138-49-50-140-53-54-142-57-58-144-93-79(106)60-76(61-80(93)107)119-102(130)94(146-77-33-27-73(28-34-77)99(127)116-39-43-136-44-40-116)95(103(119)131)147-78-35-29-74(30-36-78)100(128)117-41-45-137-46-42-117/h16-18,21-22,25-36,60-61,65-70,81-82,84,87-92,123H,15,19-20,23-24,37-59,62-64H2,1-14H3,(H,110,124)(H,111,125)(H,112,121)(H,113,126)(H3,108,109,132)/t68?,69-,70-,81-,82-,84+,87-,88-,89-,90-,91+,92+/m0/s1. The van der Waals surface area contributed by atoms with Crippen molar-refractivity contribution in [3.05, 3.63) is 159 Å². The van der Waals surface area contributed by atoms with Crippen LogP contribution in [0.15, 0.2) is 135 Å². The van der Waals surface area contributed by atoms with Crippen molar-refractivity contribution < 1.29 is 133 Å². The number of nitrogens with one attached hydrogen (secondary N) is 5. The molecule has 5 aromatic carbocycles. The molecule has 4 heterocycles. The number of aliphatic hydroxyl groups excluding tert-OH is 1. The van der Waals surface area contributed by atoms with Crippen LogP contribution in [0.25, 0.3) is 0 Å². The van der Waals surface area contributed by atoms with E-state index < -0.39 is 156 Å². The number of thioether (sulfide) groups is 2. The topological polar surface area (TPSA) is 459 Å². The molecular weight excluding hydrogens is 1950 g/mol. The van der Waals surface area contributed by atoms with Crippen molar-refractivity contribution in [2.75, 3.05) is 190 Å². The maximum Gasteiger partial charge on any atom is 0.410 e. The minimum Gasteiger partial charge on any atom is -0.485 e. The van der Waals surface area contributed by atoms with Gasteiger partial charge in [-0.25, -0.2) is 23.3 Å². The Hall–Kier alpha value is -11.1. The molecule has 12 atom stereocenters. The predicted molar refractivity (Wildman–Crippen MR) is 545 cm³/mol. The van der Waals surface area contributed by atoms with Crippen LogP contribution in [0.4, 0.5) is 29.7 Å². The molecule has 42 heteroatoms. The number of methoxy groups -OCH3 is 2. The molecule has 0 saturated carbocycles. The number of likely N-dealkylation sites (N-methyl/N-ethyl adjacent to an activating group) is 2. The lowest BCUT2D eigenvalue weighted by Crippen LogP contribution is -2.60. The summed E-state index contributed by atoms with van der Waals surface area (Å²) in [5.74, 6) is -10.9. The van der Waals surface area contributed by atoms with Crippen LogP contribution in [-0.4, -0.2) is 335 Å². The zero-order valence-electron chi connectivity index (χ0n) is 86.5. The molecule has 38 nitrogen and oxygen atoms in total. The molecule has 3 fully saturated rings. The van der Waals surface area contributed by atoms with Crippen LogP contribution in [0.2, 0.25) is 0 Å². The number of nitrogens with two attached hydrogens (primary N) is 1. The molecule has 0 bridgehead atoms. The second-order valence-electron chi connectivity index (χ2n) is 37.5. The summed E-state index contributed by atoms with van der Waals surface area (Å²) in [6.07, 6.45) is -0.935. The fraction of sp³-hybridized carbons (Fsp3) is 0.571. The Morgan fingerprint density at radius 2 is 1.08 bits per heavy atom. The molecule has 147 heavy (non-hydrogen) atoms. The first-order valence-corrected chi connectivity index (χ1v) is 51.7. The van der Waals surface area contributed by atoms with E-state index in [2.05, 4.69) is 26.6 Å². The SMILES string of the molecule is CCC(C)[C@@H]([C@@H](CC(=O)N1CCC[C@H]1[C@H](OC)[C@@H](C)C(=O)C[C@H](C)[C@@H](O)c1ccccc1)OC)N(C)C(=O)[C@@H](NC(=O)[C@H](C(C)C)N(C)C(=O)OCc1ccc(NC(=O)[C@H](CCCNC(N)=O)NC(=O)[C@@H](NC(=O)COCCOCCOCCOCCOCCOCCOc2c(F)cc(N3C(=O)C(Sc4ccc(C(=O)N5CCOCC5)cc4)=C(Sc4ccc(C(=O)N5CCOCC5)cc4)C3=O)cc2F)C(C)C)cc1)C(C)C. The highest BCUT2D eigenvalue weighted by Gasteiger charge is 2.46. The maximum atomic E-state index is 15.8. The van der Waals surface area contributed by atoms with Gasteiger partial charge in [0, 0.05) is 119 Å². The first kappa shape index (κ1) is 119. The van der Waals surface area contributed by atoms with Gasteiger partial charge in [-0.15, -0.1) is 0 Å². The Labute approximate surface area is 867 Å². The molecule has 4 aliphatic heterocycles. The van der Waals surface area contributed by atoms with Crippen LogP contribution in [0, 0.1) is 47.1 Å². The van der Waals surface area contributed by atoms with Gasteiger partial charge in [0.15, 0.2) is 17.4 Å². The quantitative estimate of drug-likeness (QED) is 0.0141. The minimum absolute atomic E-state index is 0.0276. The second kappa shape index (κ2) is 61.1. The van der Waals surface area contributed by atoms with Crippen molar-refractivity contribution >= 4 is 112 Å². The second-order valence-corrected chi connectivity index (χ2v) is 39.7. The van der Waals surface area contributed by atoms with Gasteiger partial charge in [-0.05, 0) is 127 Å². The number of benzene rings is 5. The number of nitrogens with zero attached hydrogens (tertiary/aromatic N) is 6. The molecule has 1 unspecified atom stereocenters. The van der Waals surface area contributed by atoms with Crippen molar-refractivity contribution in [1.29, 1.82) is 0 Å². The summed E-state index contributed by atoms with van der Waals surface area (Å²) < 4.78 is 99.0. The van der Waals surface area contributed by atoms with Gasteiger partial charge in [-0.3, -0.25) is 57.6 Å². The van der Waals surface area contributed by atoms with E-state index in [0.29, 0.717) is 115 Å². The highest BCUT2D eigenvalue weighted by molar-refractivity contribution is 8.08. The summed E-state index contributed by atoms with van der Waals surface area (Å²) in [6, 6.07) is 23.9. The number of hydrogen-bond acceptors (Lipinski definition) is 28. The molecule has 13 amide bonds. The normalized spacial score (nSPS) is 16.7. The molecule has 0 aromatic heterocycles. The van der Waals surface area contributed by atoms with Gasteiger partial charge in [-0.2, -0.15) is 0 Å². The molecule has 3 saturated heterocycles. The number of ether oxygens (including phenoxy) is 12. The number of halogens is 2. The third-order valence-electron chi connectivity index (χ3n) is 25.9. The highest BCUT2D eigenvalue weighted by Crippen LogP contribution is 2.46. The van der Waals surface area contributed by atoms with Gasteiger partial charge in [0.05, 0.1) is 151 Å². The number of likely N-dealkylation sites (tertiary alicyclic amines) is 1. The van der Waals surface area contributed by atoms with Crippen molar-refractivity contribution in [1.82, 2.24) is 45.8 Å². The highest BCUT2D eigenvalue weighted by atomic mass is 32.2. The average Bonchev–Trinajstić information content (AvgIpc) is 1.61. The molecule has 8 N–H and O–H groups in total. The van der Waals surface area contributed by atoms with E-state index in [1.165, 1.54) is 26.2 Å². The third kappa shape index (κ3) is 35.8. The smallest absolute Gasteiger partial charge is 0.410 e. The van der Waals surface area contributed by atoms with E-state index in [-0.39, 0.29) is 169 Å². The summed E-state index contributed by atoms with van der Waals surface area (Å²) in [6.45, 7) is 22.9. The molecule has 808 valence electrons. The maximum absolute atomic E-state index is 15.8. The molecule has 5 aromatic rings. The fourth-order valence-corrected chi connectivity index (χ4v) is 19.5. The minimum atomic E-state index is -1.18. The van der Waals surface area contributed by atoms with Crippen molar-refractivity contribution in [3.63, 3.8) is 0 Å². The number of aliphatic hydroxyl groups is 1. The summed E-state index contributed by atoms with van der Waals surface area (Å²) in [4.78, 5) is 189. The van der Waals surface area contributed by atoms with Crippen molar-refractivity contribution in [2.24, 2.45) is 41.2 Å². The van der Waals surface area contributed by atoms with Gasteiger partial charge < -0.3 is 114 Å². The van der Waals surface area contributed by atoms with Crippen LogP contribution in [0.1, 0.15) is 152 Å². The molecule has 0 aliphatic carbocycles. The van der Waals surface area contributed by atoms with E-state index in [4.69, 9.17) is 62.6 Å². The van der Waals surface area contributed by atoms with Crippen LogP contribution in [0.3, 0.4) is 0 Å². The zero-order valence-corrected chi connectivity index (χ0v) is 88.2. The number of urea groups is 1. The Bertz CT molecular complexity index is 5040. The summed E-state index contributed by atoms with van der Waals surface area (Å²) >= 11 is 1.92. The monoisotopic (exact) mass is 2090 g/mol. The lowest BCUT2D eigenvalue weighted by molar-refractivity contribution is -0.148. The molecule has 4 aliphatic rings. The number of rotatable bonds is 61. The molecule has 0 spiro atoms. The van der Waals surface area contributed by atoms with E-state index >= 15 is 8.78 Å². The Morgan fingerprint density at radius 1 is 0.571 bits per heavy atom. The van der Waals surface area contributed by atoms with E-state index in [0.717, 1.165) is 41.2 Å². The number of carbonyl (C=O) groups is 13. The van der Waals surface area contributed by atoms with Gasteiger partial charge in [-0.1, -0.05) is 142 Å².